The van der Waals surface area contributed by atoms with Gasteiger partial charge < -0.3 is 9.64 Å². The lowest BCUT2D eigenvalue weighted by Crippen LogP contribution is -2.35. The van der Waals surface area contributed by atoms with Crippen molar-refractivity contribution < 1.29 is 18.3 Å². The molecule has 0 saturated heterocycles. The highest BCUT2D eigenvalue weighted by atomic mass is 79.9. The lowest BCUT2D eigenvalue weighted by molar-refractivity contribution is -0.129. The molecule has 0 saturated carbocycles. The molecule has 0 aromatic heterocycles. The van der Waals surface area contributed by atoms with E-state index in [2.05, 4.69) is 15.9 Å². The van der Waals surface area contributed by atoms with Crippen molar-refractivity contribution in [1.29, 1.82) is 0 Å². The summed E-state index contributed by atoms with van der Waals surface area (Å²) in [5.41, 5.74) is -0.197. The molecule has 1 amide bonds. The van der Waals surface area contributed by atoms with Gasteiger partial charge in [0.25, 0.3) is 0 Å². The molecule has 0 spiro atoms. The Kier molecular flexibility index (Phi) is 6.37. The second kappa shape index (κ2) is 7.55. The van der Waals surface area contributed by atoms with Gasteiger partial charge in [0, 0.05) is 26.3 Å². The van der Waals surface area contributed by atoms with Crippen LogP contribution < -0.4 is 0 Å². The Bertz CT molecular complexity index is 422. The third-order valence-corrected chi connectivity index (χ3v) is 3.19. The third-order valence-electron chi connectivity index (χ3n) is 2.63. The van der Waals surface area contributed by atoms with Crippen molar-refractivity contribution in [2.24, 2.45) is 0 Å². The van der Waals surface area contributed by atoms with Crippen LogP contribution in [-0.2, 0) is 16.0 Å². The standard InChI is InChI=1S/C13H16BrF2NO2/c1-17(7-9(14)8-19-2)13(18)6-10-11(15)4-3-5-12(10)16/h3-5,9H,6-8H2,1-2H3. The topological polar surface area (TPSA) is 29.5 Å². The summed E-state index contributed by atoms with van der Waals surface area (Å²) < 4.78 is 31.8. The third kappa shape index (κ3) is 4.87. The highest BCUT2D eigenvalue weighted by molar-refractivity contribution is 9.09. The van der Waals surface area contributed by atoms with Crippen LogP contribution in [0.25, 0.3) is 0 Å². The van der Waals surface area contributed by atoms with Crippen LogP contribution in [0, 0.1) is 11.6 Å². The molecule has 3 nitrogen and oxygen atoms in total. The number of hydrogen-bond donors (Lipinski definition) is 0. The van der Waals surface area contributed by atoms with Crippen molar-refractivity contribution in [3.05, 3.63) is 35.4 Å². The van der Waals surface area contributed by atoms with Gasteiger partial charge in [-0.05, 0) is 12.1 Å². The Balaban J connectivity index is 2.64. The first-order chi connectivity index (χ1) is 8.95. The molecular weight excluding hydrogens is 320 g/mol. The smallest absolute Gasteiger partial charge is 0.226 e. The second-order valence-electron chi connectivity index (χ2n) is 4.20. The van der Waals surface area contributed by atoms with E-state index in [0.29, 0.717) is 13.2 Å². The minimum absolute atomic E-state index is 0.0167. The fourth-order valence-electron chi connectivity index (χ4n) is 1.62. The number of ether oxygens (including phenoxy) is 1. The number of methoxy groups -OCH3 is 1. The van der Waals surface area contributed by atoms with Crippen molar-refractivity contribution >= 4 is 21.8 Å². The molecule has 106 valence electrons. The maximum atomic E-state index is 13.4. The van der Waals surface area contributed by atoms with E-state index >= 15 is 0 Å². The van der Waals surface area contributed by atoms with Crippen molar-refractivity contribution in [3.63, 3.8) is 0 Å². The molecule has 0 N–H and O–H groups in total. The van der Waals surface area contributed by atoms with E-state index in [1.165, 1.54) is 11.0 Å². The van der Waals surface area contributed by atoms with Crippen molar-refractivity contribution in [1.82, 2.24) is 4.90 Å². The molecule has 1 rings (SSSR count). The number of carbonyl (C=O) groups is 1. The number of halogens is 3. The van der Waals surface area contributed by atoms with Gasteiger partial charge in [-0.15, -0.1) is 0 Å². The van der Waals surface area contributed by atoms with E-state index in [-0.39, 0.29) is 22.7 Å². The second-order valence-corrected chi connectivity index (χ2v) is 5.50. The summed E-state index contributed by atoms with van der Waals surface area (Å²) in [6.45, 7) is 0.856. The number of nitrogens with zero attached hydrogens (tertiary/aromatic N) is 1. The Labute approximate surface area is 119 Å². The molecule has 19 heavy (non-hydrogen) atoms. The van der Waals surface area contributed by atoms with Crippen LogP contribution in [0.2, 0.25) is 0 Å². The molecule has 1 atom stereocenters. The first-order valence-corrected chi connectivity index (χ1v) is 6.67. The molecule has 0 aliphatic heterocycles. The number of hydrogen-bond acceptors (Lipinski definition) is 2. The zero-order valence-corrected chi connectivity index (χ0v) is 12.4. The summed E-state index contributed by atoms with van der Waals surface area (Å²) in [6.07, 6.45) is -0.290. The van der Waals surface area contributed by atoms with Gasteiger partial charge in [-0.25, -0.2) is 8.78 Å². The van der Waals surface area contributed by atoms with Gasteiger partial charge in [0.1, 0.15) is 11.6 Å². The zero-order chi connectivity index (χ0) is 14.4. The fourth-order valence-corrected chi connectivity index (χ4v) is 2.32. The van der Waals surface area contributed by atoms with E-state index in [1.807, 2.05) is 0 Å². The molecule has 6 heteroatoms. The predicted molar refractivity (Wildman–Crippen MR) is 72.3 cm³/mol. The minimum Gasteiger partial charge on any atom is -0.383 e. The monoisotopic (exact) mass is 335 g/mol. The van der Waals surface area contributed by atoms with Gasteiger partial charge in [-0.2, -0.15) is 0 Å². The maximum Gasteiger partial charge on any atom is 0.226 e. The summed E-state index contributed by atoms with van der Waals surface area (Å²) in [7, 11) is 3.15. The normalized spacial score (nSPS) is 12.3. The average Bonchev–Trinajstić information content (AvgIpc) is 2.34. The highest BCUT2D eigenvalue weighted by Crippen LogP contribution is 2.14. The van der Waals surface area contributed by atoms with Crippen LogP contribution in [0.4, 0.5) is 8.78 Å². The lowest BCUT2D eigenvalue weighted by Gasteiger charge is -2.20. The van der Waals surface area contributed by atoms with Crippen molar-refractivity contribution in [2.45, 2.75) is 11.2 Å². The summed E-state index contributed by atoms with van der Waals surface area (Å²) >= 11 is 3.35. The molecule has 0 radical (unpaired) electrons. The molecular formula is C13H16BrF2NO2. The fraction of sp³-hybridized carbons (Fsp3) is 0.462. The van der Waals surface area contributed by atoms with Crippen LogP contribution in [0.5, 0.6) is 0 Å². The number of likely N-dealkylation sites (N-methyl/N-ethyl adjacent to an activating group) is 1. The SMILES string of the molecule is COCC(Br)CN(C)C(=O)Cc1c(F)cccc1F. The van der Waals surface area contributed by atoms with E-state index in [4.69, 9.17) is 4.74 Å². The van der Waals surface area contributed by atoms with Gasteiger partial charge >= 0.3 is 0 Å². The molecule has 1 aromatic rings. The van der Waals surface area contributed by atoms with Gasteiger partial charge in [-0.1, -0.05) is 22.0 Å². The number of carbonyl (C=O) groups excluding carboxylic acids is 1. The number of benzene rings is 1. The number of rotatable bonds is 6. The van der Waals surface area contributed by atoms with Crippen molar-refractivity contribution in [3.8, 4) is 0 Å². The molecule has 1 unspecified atom stereocenters. The molecule has 0 aliphatic carbocycles. The first-order valence-electron chi connectivity index (χ1n) is 5.75. The summed E-state index contributed by atoms with van der Waals surface area (Å²) in [5, 5.41) is 0. The van der Waals surface area contributed by atoms with Crippen LogP contribution in [0.15, 0.2) is 18.2 Å². The Morgan fingerprint density at radius 2 is 2.00 bits per heavy atom. The summed E-state index contributed by atoms with van der Waals surface area (Å²) in [6, 6.07) is 3.56. The van der Waals surface area contributed by atoms with Crippen LogP contribution in [0.3, 0.4) is 0 Å². The maximum absolute atomic E-state index is 13.4. The van der Waals surface area contributed by atoms with Crippen molar-refractivity contribution in [2.75, 3.05) is 27.3 Å². The molecule has 0 aliphatic rings. The average molecular weight is 336 g/mol. The number of alkyl halides is 1. The van der Waals surface area contributed by atoms with Gasteiger partial charge in [0.05, 0.1) is 17.9 Å². The van der Waals surface area contributed by atoms with E-state index < -0.39 is 11.6 Å². The van der Waals surface area contributed by atoms with Crippen LogP contribution in [0.1, 0.15) is 5.56 Å². The van der Waals surface area contributed by atoms with Gasteiger partial charge in [0.2, 0.25) is 5.91 Å². The minimum atomic E-state index is -0.700. The largest absolute Gasteiger partial charge is 0.383 e. The number of amides is 1. The Hall–Kier alpha value is -1.01. The van der Waals surface area contributed by atoms with E-state index in [0.717, 1.165) is 12.1 Å². The highest BCUT2D eigenvalue weighted by Gasteiger charge is 2.18. The summed E-state index contributed by atoms with van der Waals surface area (Å²) in [4.78, 5) is 13.3. The van der Waals surface area contributed by atoms with Crippen LogP contribution >= 0.6 is 15.9 Å². The summed E-state index contributed by atoms with van der Waals surface area (Å²) in [5.74, 6) is -1.74. The van der Waals surface area contributed by atoms with E-state index in [1.54, 1.807) is 14.2 Å². The quantitative estimate of drug-likeness (QED) is 0.747. The molecule has 1 aromatic carbocycles. The molecule has 0 fully saturated rings. The van der Waals surface area contributed by atoms with Crippen LogP contribution in [-0.4, -0.2) is 42.9 Å². The Morgan fingerprint density at radius 3 is 2.53 bits per heavy atom. The van der Waals surface area contributed by atoms with E-state index in [9.17, 15) is 13.6 Å². The Morgan fingerprint density at radius 1 is 1.42 bits per heavy atom. The lowest BCUT2D eigenvalue weighted by atomic mass is 10.1. The molecule has 0 heterocycles. The zero-order valence-electron chi connectivity index (χ0n) is 10.8. The predicted octanol–water partition coefficient (Wildman–Crippen LogP) is 2.38. The van der Waals surface area contributed by atoms with Gasteiger partial charge in [0.15, 0.2) is 0 Å². The van der Waals surface area contributed by atoms with Gasteiger partial charge in [-0.3, -0.25) is 4.79 Å². The molecule has 0 bridgehead atoms. The first kappa shape index (κ1) is 16.0.